The molecule has 2 N–H and O–H groups in total. The van der Waals surface area contributed by atoms with Crippen LogP contribution in [0.5, 0.6) is 5.75 Å². The highest BCUT2D eigenvalue weighted by Gasteiger charge is 1.99. The number of aryl methyl sites for hydroxylation is 2. The van der Waals surface area contributed by atoms with Crippen molar-refractivity contribution in [3.8, 4) is 5.75 Å². The fourth-order valence-electron chi connectivity index (χ4n) is 1.84. The number of hydrogen-bond donors (Lipinski definition) is 2. The summed E-state index contributed by atoms with van der Waals surface area (Å²) in [7, 11) is 0. The maximum Gasteiger partial charge on any atom is 0.170 e. The zero-order valence-electron chi connectivity index (χ0n) is 12.3. The van der Waals surface area contributed by atoms with Gasteiger partial charge >= 0.3 is 0 Å². The molecular formula is C17H20N2OS. The van der Waals surface area contributed by atoms with Gasteiger partial charge in [-0.2, -0.15) is 0 Å². The smallest absolute Gasteiger partial charge is 0.170 e. The molecule has 0 saturated carbocycles. The van der Waals surface area contributed by atoms with Crippen molar-refractivity contribution in [1.29, 1.82) is 0 Å². The van der Waals surface area contributed by atoms with E-state index in [1.54, 1.807) is 0 Å². The van der Waals surface area contributed by atoms with Crippen molar-refractivity contribution in [2.45, 2.75) is 13.8 Å². The molecule has 0 amide bonds. The van der Waals surface area contributed by atoms with E-state index in [0.29, 0.717) is 18.3 Å². The van der Waals surface area contributed by atoms with Crippen LogP contribution in [-0.4, -0.2) is 18.3 Å². The Morgan fingerprint density at radius 2 is 1.81 bits per heavy atom. The van der Waals surface area contributed by atoms with Gasteiger partial charge in [0.2, 0.25) is 0 Å². The third kappa shape index (κ3) is 5.08. The number of thiocarbonyl (C=S) groups is 1. The summed E-state index contributed by atoms with van der Waals surface area (Å²) in [4.78, 5) is 0. The molecule has 21 heavy (non-hydrogen) atoms. The van der Waals surface area contributed by atoms with Crippen LogP contribution >= 0.6 is 12.2 Å². The zero-order chi connectivity index (χ0) is 15.1. The Bertz CT molecular complexity index is 599. The first kappa shape index (κ1) is 15.3. The molecule has 2 aromatic carbocycles. The Morgan fingerprint density at radius 1 is 1.05 bits per heavy atom. The lowest BCUT2D eigenvalue weighted by Gasteiger charge is -2.12. The first-order valence-corrected chi connectivity index (χ1v) is 7.36. The standard InChI is InChI=1S/C17H20N2OS/c1-13-8-9-15(12-14(13)2)19-17(21)18-10-11-20-16-6-4-3-5-7-16/h3-9,12H,10-11H2,1-2H3,(H2,18,19,21). The van der Waals surface area contributed by atoms with Gasteiger partial charge in [-0.3, -0.25) is 0 Å². The molecule has 0 atom stereocenters. The first-order valence-electron chi connectivity index (χ1n) is 6.95. The molecule has 0 heterocycles. The number of anilines is 1. The Balaban J connectivity index is 1.71. The van der Waals surface area contributed by atoms with Crippen LogP contribution in [0.1, 0.15) is 11.1 Å². The van der Waals surface area contributed by atoms with Gasteiger partial charge in [-0.05, 0) is 61.5 Å². The number of nitrogens with one attached hydrogen (secondary N) is 2. The highest BCUT2D eigenvalue weighted by molar-refractivity contribution is 7.80. The van der Waals surface area contributed by atoms with Crippen LogP contribution in [0.2, 0.25) is 0 Å². The normalized spacial score (nSPS) is 10.0. The molecule has 0 radical (unpaired) electrons. The summed E-state index contributed by atoms with van der Waals surface area (Å²) in [6.45, 7) is 5.41. The van der Waals surface area contributed by atoms with E-state index in [9.17, 15) is 0 Å². The van der Waals surface area contributed by atoms with Crippen LogP contribution in [0.3, 0.4) is 0 Å². The summed E-state index contributed by atoms with van der Waals surface area (Å²) in [5.41, 5.74) is 3.52. The highest BCUT2D eigenvalue weighted by Crippen LogP contribution is 2.13. The van der Waals surface area contributed by atoms with E-state index in [2.05, 4.69) is 36.6 Å². The van der Waals surface area contributed by atoms with Crippen LogP contribution in [0.4, 0.5) is 5.69 Å². The molecule has 0 aliphatic carbocycles. The maximum absolute atomic E-state index is 5.59. The Kier molecular flexibility index (Phi) is 5.58. The molecule has 0 unspecified atom stereocenters. The summed E-state index contributed by atoms with van der Waals surface area (Å²) in [5.74, 6) is 0.868. The average Bonchev–Trinajstić information content (AvgIpc) is 2.49. The third-order valence-electron chi connectivity index (χ3n) is 3.16. The number of ether oxygens (including phenoxy) is 1. The average molecular weight is 300 g/mol. The van der Waals surface area contributed by atoms with Gasteiger partial charge in [0.25, 0.3) is 0 Å². The topological polar surface area (TPSA) is 33.3 Å². The van der Waals surface area contributed by atoms with Gasteiger partial charge in [0, 0.05) is 5.69 Å². The number of hydrogen-bond acceptors (Lipinski definition) is 2. The maximum atomic E-state index is 5.59. The summed E-state index contributed by atoms with van der Waals surface area (Å²) in [5, 5.41) is 6.91. The van der Waals surface area contributed by atoms with Crippen molar-refractivity contribution >= 4 is 23.0 Å². The number of benzene rings is 2. The highest BCUT2D eigenvalue weighted by atomic mass is 32.1. The van der Waals surface area contributed by atoms with E-state index in [1.807, 2.05) is 36.4 Å². The van der Waals surface area contributed by atoms with Gasteiger partial charge < -0.3 is 15.4 Å². The summed E-state index contributed by atoms with van der Waals surface area (Å²) in [6, 6.07) is 15.9. The minimum absolute atomic E-state index is 0.568. The second-order valence-corrected chi connectivity index (χ2v) is 5.25. The van der Waals surface area contributed by atoms with Gasteiger partial charge in [0.05, 0.1) is 6.54 Å². The van der Waals surface area contributed by atoms with Crippen LogP contribution in [-0.2, 0) is 0 Å². The van der Waals surface area contributed by atoms with Gasteiger partial charge in [-0.25, -0.2) is 0 Å². The molecule has 2 rings (SSSR count). The second kappa shape index (κ2) is 7.64. The van der Waals surface area contributed by atoms with Gasteiger partial charge in [-0.1, -0.05) is 24.3 Å². The molecule has 0 aliphatic rings. The third-order valence-corrected chi connectivity index (χ3v) is 3.41. The molecule has 110 valence electrons. The van der Waals surface area contributed by atoms with E-state index in [0.717, 1.165) is 11.4 Å². The van der Waals surface area contributed by atoms with Crippen LogP contribution in [0.15, 0.2) is 48.5 Å². The van der Waals surface area contributed by atoms with Gasteiger partial charge in [0.15, 0.2) is 5.11 Å². The van der Waals surface area contributed by atoms with Gasteiger partial charge in [-0.15, -0.1) is 0 Å². The lowest BCUT2D eigenvalue weighted by atomic mass is 10.1. The monoisotopic (exact) mass is 300 g/mol. The van der Waals surface area contributed by atoms with Crippen molar-refractivity contribution < 1.29 is 4.74 Å². The van der Waals surface area contributed by atoms with Crippen molar-refractivity contribution in [3.63, 3.8) is 0 Å². The largest absolute Gasteiger partial charge is 0.492 e. The van der Waals surface area contributed by atoms with Gasteiger partial charge in [0.1, 0.15) is 12.4 Å². The summed E-state index contributed by atoms with van der Waals surface area (Å²) in [6.07, 6.45) is 0. The molecular weight excluding hydrogens is 280 g/mol. The molecule has 3 nitrogen and oxygen atoms in total. The second-order valence-electron chi connectivity index (χ2n) is 4.84. The molecule has 4 heteroatoms. The summed E-state index contributed by atoms with van der Waals surface area (Å²) >= 11 is 5.26. The lowest BCUT2D eigenvalue weighted by molar-refractivity contribution is 0.323. The van der Waals surface area contributed by atoms with Crippen molar-refractivity contribution in [2.75, 3.05) is 18.5 Å². The molecule has 0 spiro atoms. The Morgan fingerprint density at radius 3 is 2.52 bits per heavy atom. The van der Waals surface area contributed by atoms with Crippen LogP contribution < -0.4 is 15.4 Å². The van der Waals surface area contributed by atoms with Crippen LogP contribution in [0, 0.1) is 13.8 Å². The molecule has 0 saturated heterocycles. The predicted molar refractivity (Wildman–Crippen MR) is 92.1 cm³/mol. The van der Waals surface area contributed by atoms with Crippen molar-refractivity contribution in [3.05, 3.63) is 59.7 Å². The Labute approximate surface area is 131 Å². The zero-order valence-corrected chi connectivity index (χ0v) is 13.2. The van der Waals surface area contributed by atoms with Crippen LogP contribution in [0.25, 0.3) is 0 Å². The molecule has 0 aliphatic heterocycles. The number of rotatable bonds is 5. The van der Waals surface area contributed by atoms with E-state index >= 15 is 0 Å². The van der Waals surface area contributed by atoms with Crippen molar-refractivity contribution in [1.82, 2.24) is 5.32 Å². The van der Waals surface area contributed by atoms with E-state index in [4.69, 9.17) is 17.0 Å². The lowest BCUT2D eigenvalue weighted by Crippen LogP contribution is -2.31. The molecule has 2 aromatic rings. The molecule has 0 aromatic heterocycles. The molecule has 0 fully saturated rings. The molecule has 0 bridgehead atoms. The predicted octanol–water partition coefficient (Wildman–Crippen LogP) is 3.67. The Hall–Kier alpha value is -2.07. The van der Waals surface area contributed by atoms with E-state index < -0.39 is 0 Å². The fourth-order valence-corrected chi connectivity index (χ4v) is 2.06. The fraction of sp³-hybridized carbons (Fsp3) is 0.235. The quantitative estimate of drug-likeness (QED) is 0.652. The minimum Gasteiger partial charge on any atom is -0.492 e. The summed E-state index contributed by atoms with van der Waals surface area (Å²) < 4.78 is 5.59. The number of para-hydroxylation sites is 1. The van der Waals surface area contributed by atoms with Crippen molar-refractivity contribution in [2.24, 2.45) is 0 Å². The van der Waals surface area contributed by atoms with E-state index in [1.165, 1.54) is 11.1 Å². The first-order chi connectivity index (χ1) is 10.1. The minimum atomic E-state index is 0.568. The van der Waals surface area contributed by atoms with E-state index in [-0.39, 0.29) is 0 Å². The SMILES string of the molecule is Cc1ccc(NC(=S)NCCOc2ccccc2)cc1C.